The Morgan fingerprint density at radius 3 is 1.97 bits per heavy atom. The van der Waals surface area contributed by atoms with Crippen molar-refractivity contribution in [3.63, 3.8) is 0 Å². The number of ether oxygens (including phenoxy) is 3. The summed E-state index contributed by atoms with van der Waals surface area (Å²) in [7, 11) is 0. The lowest BCUT2D eigenvalue weighted by atomic mass is 9.90. The summed E-state index contributed by atoms with van der Waals surface area (Å²) in [4.78, 5) is 38.5. The number of nitrogens with zero attached hydrogens (tertiary/aromatic N) is 2. The molecule has 2 amide bonds. The molecule has 1 aromatic carbocycles. The number of nitrogens with one attached hydrogen (secondary N) is 1. The van der Waals surface area contributed by atoms with Gasteiger partial charge in [-0.05, 0) is 60.6 Å². The van der Waals surface area contributed by atoms with Crippen LogP contribution in [0.25, 0.3) is 0 Å². The third kappa shape index (κ3) is 6.84. The minimum atomic E-state index is -2.52. The molecule has 1 aromatic rings. The zero-order valence-electron chi connectivity index (χ0n) is 18.7. The molecule has 31 heavy (non-hydrogen) atoms. The van der Waals surface area contributed by atoms with E-state index in [1.165, 1.54) is 6.92 Å². The highest BCUT2D eigenvalue weighted by atomic mass is 19.1. The third-order valence-electron chi connectivity index (χ3n) is 3.51. The fraction of sp³-hybridized carbons (Fsp3) is 0.524. The number of carbonyl (C=O) groups is 3. The van der Waals surface area contributed by atoms with E-state index < -0.39 is 40.7 Å². The first-order chi connectivity index (χ1) is 14.2. The summed E-state index contributed by atoms with van der Waals surface area (Å²) in [5, 5.41) is 10.5. The molecular weight excluding hydrogens is 409 g/mol. The second-order valence-corrected chi connectivity index (χ2v) is 8.48. The first-order valence-electron chi connectivity index (χ1n) is 9.53. The van der Waals surface area contributed by atoms with E-state index in [4.69, 9.17) is 14.2 Å². The van der Waals surface area contributed by atoms with Crippen molar-refractivity contribution in [3.8, 4) is 6.07 Å². The number of nitriles is 1. The number of rotatable bonds is 4. The van der Waals surface area contributed by atoms with Crippen molar-refractivity contribution in [1.82, 2.24) is 10.4 Å². The van der Waals surface area contributed by atoms with Crippen LogP contribution in [0.3, 0.4) is 0 Å². The van der Waals surface area contributed by atoms with Crippen LogP contribution >= 0.6 is 0 Å². The molecule has 1 atom stereocenters. The fourth-order valence-corrected chi connectivity index (χ4v) is 2.39. The minimum Gasteiger partial charge on any atom is -0.463 e. The molecule has 0 radical (unpaired) electrons. The molecule has 9 nitrogen and oxygen atoms in total. The number of benzene rings is 1. The maximum absolute atomic E-state index is 13.5. The zero-order valence-corrected chi connectivity index (χ0v) is 18.7. The van der Waals surface area contributed by atoms with Crippen LogP contribution in [0, 0.1) is 17.1 Å². The Labute approximate surface area is 181 Å². The van der Waals surface area contributed by atoms with Gasteiger partial charge < -0.3 is 14.2 Å². The molecule has 0 aliphatic rings. The number of hydrogen-bond donors (Lipinski definition) is 1. The van der Waals surface area contributed by atoms with Crippen molar-refractivity contribution in [2.75, 3.05) is 6.61 Å². The van der Waals surface area contributed by atoms with Crippen LogP contribution in [-0.2, 0) is 24.5 Å². The standard InChI is InChI=1S/C21H28FN3O6/c1-8-29-16(26)21(13-23,14-9-11-15(22)12-10-14)25(18(28)31-20(5,6)7)24-17(27)30-19(2,3)4/h9-12H,8H2,1-7H3,(H,24,27). The van der Waals surface area contributed by atoms with E-state index in [0.29, 0.717) is 5.01 Å². The van der Waals surface area contributed by atoms with Gasteiger partial charge in [-0.25, -0.2) is 24.2 Å². The summed E-state index contributed by atoms with van der Waals surface area (Å²) >= 11 is 0. The molecule has 0 fully saturated rings. The van der Waals surface area contributed by atoms with Gasteiger partial charge in [0.15, 0.2) is 0 Å². The maximum Gasteiger partial charge on any atom is 0.431 e. The molecule has 1 unspecified atom stereocenters. The van der Waals surface area contributed by atoms with Gasteiger partial charge in [0.05, 0.1) is 6.61 Å². The van der Waals surface area contributed by atoms with Crippen molar-refractivity contribution < 1.29 is 33.0 Å². The van der Waals surface area contributed by atoms with Crippen LogP contribution in [0.2, 0.25) is 0 Å². The van der Waals surface area contributed by atoms with E-state index in [1.54, 1.807) is 47.6 Å². The normalized spacial score (nSPS) is 13.3. The molecule has 0 aromatic heterocycles. The van der Waals surface area contributed by atoms with Gasteiger partial charge in [-0.3, -0.25) is 0 Å². The Bertz CT molecular complexity index is 852. The Kier molecular flexibility index (Phi) is 7.99. The average molecular weight is 437 g/mol. The predicted molar refractivity (Wildman–Crippen MR) is 108 cm³/mol. The van der Waals surface area contributed by atoms with Gasteiger partial charge in [-0.15, -0.1) is 0 Å². The third-order valence-corrected chi connectivity index (χ3v) is 3.51. The van der Waals surface area contributed by atoms with Crippen molar-refractivity contribution in [3.05, 3.63) is 35.6 Å². The first kappa shape index (κ1) is 25.7. The van der Waals surface area contributed by atoms with Crippen LogP contribution < -0.4 is 5.43 Å². The largest absolute Gasteiger partial charge is 0.463 e. The van der Waals surface area contributed by atoms with Crippen LogP contribution in [0.1, 0.15) is 54.0 Å². The molecule has 0 bridgehead atoms. The smallest absolute Gasteiger partial charge is 0.431 e. The molecule has 170 valence electrons. The van der Waals surface area contributed by atoms with Crippen molar-refractivity contribution >= 4 is 18.2 Å². The maximum atomic E-state index is 13.5. The SMILES string of the molecule is CCOC(=O)C(C#N)(c1ccc(F)cc1)N(NC(=O)OC(C)(C)C)C(=O)OC(C)(C)C. The number of carbonyl (C=O) groups excluding carboxylic acids is 3. The van der Waals surface area contributed by atoms with Gasteiger partial charge in [0.2, 0.25) is 0 Å². The summed E-state index contributed by atoms with van der Waals surface area (Å²) in [6, 6.07) is 5.99. The lowest BCUT2D eigenvalue weighted by Gasteiger charge is -2.37. The topological polar surface area (TPSA) is 118 Å². The van der Waals surface area contributed by atoms with Gasteiger partial charge in [-0.2, -0.15) is 10.3 Å². The molecular formula is C21H28FN3O6. The van der Waals surface area contributed by atoms with Gasteiger partial charge in [0, 0.05) is 5.56 Å². The molecule has 0 heterocycles. The quantitative estimate of drug-likeness (QED) is 0.432. The highest BCUT2D eigenvalue weighted by Gasteiger charge is 2.53. The molecule has 0 saturated heterocycles. The Morgan fingerprint density at radius 1 is 1.03 bits per heavy atom. The second kappa shape index (κ2) is 9.64. The Balaban J connectivity index is 3.67. The highest BCUT2D eigenvalue weighted by Crippen LogP contribution is 2.31. The number of hydrazine groups is 1. The summed E-state index contributed by atoms with van der Waals surface area (Å²) in [6.45, 7) is 10.8. The molecule has 0 aliphatic heterocycles. The number of halogens is 1. The molecule has 0 saturated carbocycles. The van der Waals surface area contributed by atoms with Gasteiger partial charge in [0.25, 0.3) is 5.54 Å². The summed E-state index contributed by atoms with van der Waals surface area (Å²) in [5.74, 6) is -1.81. The van der Waals surface area contributed by atoms with Crippen molar-refractivity contribution in [2.24, 2.45) is 0 Å². The van der Waals surface area contributed by atoms with Crippen LogP contribution in [0.5, 0.6) is 0 Å². The van der Waals surface area contributed by atoms with Crippen molar-refractivity contribution in [2.45, 2.75) is 65.2 Å². The number of esters is 1. The minimum absolute atomic E-state index is 0.127. The molecule has 10 heteroatoms. The van der Waals surface area contributed by atoms with E-state index in [1.807, 2.05) is 0 Å². The second-order valence-electron chi connectivity index (χ2n) is 8.48. The van der Waals surface area contributed by atoms with E-state index in [2.05, 4.69) is 5.43 Å². The van der Waals surface area contributed by atoms with Crippen LogP contribution in [-0.4, -0.2) is 41.0 Å². The van der Waals surface area contributed by atoms with Crippen LogP contribution in [0.4, 0.5) is 14.0 Å². The fourth-order valence-electron chi connectivity index (χ4n) is 2.39. The predicted octanol–water partition coefficient (Wildman–Crippen LogP) is 3.78. The average Bonchev–Trinajstić information content (AvgIpc) is 2.60. The number of hydrogen-bond acceptors (Lipinski definition) is 7. The molecule has 0 spiro atoms. The van der Waals surface area contributed by atoms with Crippen molar-refractivity contribution in [1.29, 1.82) is 5.26 Å². The lowest BCUT2D eigenvalue weighted by molar-refractivity contribution is -0.156. The first-order valence-corrected chi connectivity index (χ1v) is 9.53. The molecule has 0 aliphatic carbocycles. The van der Waals surface area contributed by atoms with E-state index in [0.717, 1.165) is 24.3 Å². The summed E-state index contributed by atoms with van der Waals surface area (Å²) in [5.41, 5.74) is -2.52. The zero-order chi connectivity index (χ0) is 24.0. The number of amides is 2. The highest BCUT2D eigenvalue weighted by molar-refractivity contribution is 5.91. The summed E-state index contributed by atoms with van der Waals surface area (Å²) < 4.78 is 29.0. The van der Waals surface area contributed by atoms with Gasteiger partial charge >= 0.3 is 18.2 Å². The molecule has 1 rings (SSSR count). The Morgan fingerprint density at radius 2 is 1.55 bits per heavy atom. The van der Waals surface area contributed by atoms with Gasteiger partial charge in [0.1, 0.15) is 23.1 Å². The summed E-state index contributed by atoms with van der Waals surface area (Å²) in [6.07, 6.45) is -2.35. The van der Waals surface area contributed by atoms with E-state index in [9.17, 15) is 24.0 Å². The lowest BCUT2D eigenvalue weighted by Crippen LogP contribution is -2.62. The Hall–Kier alpha value is -3.35. The van der Waals surface area contributed by atoms with Crippen LogP contribution in [0.15, 0.2) is 24.3 Å². The van der Waals surface area contributed by atoms with E-state index in [-0.39, 0.29) is 12.2 Å². The molecule has 1 N–H and O–H groups in total. The monoisotopic (exact) mass is 437 g/mol. The van der Waals surface area contributed by atoms with Gasteiger partial charge in [-0.1, -0.05) is 12.1 Å². The van der Waals surface area contributed by atoms with E-state index >= 15 is 0 Å².